The predicted octanol–water partition coefficient (Wildman–Crippen LogP) is 7.97. The standard InChI is InChI=1S/C37H43NO3/c1-25-21-27(3)34(28(4)22-25)24-38(23-33-20-14-13-15-26(33)2)30(6)36(32-18-11-8-12-19-32)41-37(40)29(5)35(39)31-16-9-7-10-17-31/h7-22,29-30,35-36,39H,23-24H2,1-6H3/t29-,30-,35+,36-/m0/s1. The third kappa shape index (κ3) is 7.52. The van der Waals surface area contributed by atoms with Gasteiger partial charge in [0.2, 0.25) is 0 Å². The lowest BCUT2D eigenvalue weighted by Crippen LogP contribution is -2.40. The van der Waals surface area contributed by atoms with Crippen molar-refractivity contribution in [1.82, 2.24) is 4.90 Å². The van der Waals surface area contributed by atoms with E-state index in [9.17, 15) is 9.90 Å². The van der Waals surface area contributed by atoms with Crippen molar-refractivity contribution in [2.24, 2.45) is 5.92 Å². The van der Waals surface area contributed by atoms with Crippen LogP contribution in [-0.2, 0) is 22.6 Å². The second-order valence-corrected chi connectivity index (χ2v) is 11.4. The molecule has 0 aromatic heterocycles. The summed E-state index contributed by atoms with van der Waals surface area (Å²) in [5.74, 6) is -1.14. The molecule has 1 N–H and O–H groups in total. The highest BCUT2D eigenvalue weighted by Crippen LogP contribution is 2.32. The van der Waals surface area contributed by atoms with E-state index in [0.29, 0.717) is 12.1 Å². The lowest BCUT2D eigenvalue weighted by atomic mass is 9.95. The van der Waals surface area contributed by atoms with E-state index < -0.39 is 24.1 Å². The zero-order valence-corrected chi connectivity index (χ0v) is 25.2. The molecule has 0 saturated carbocycles. The van der Waals surface area contributed by atoms with Crippen LogP contribution in [0.15, 0.2) is 97.1 Å². The van der Waals surface area contributed by atoms with E-state index in [1.165, 1.54) is 33.4 Å². The Morgan fingerprint density at radius 1 is 0.732 bits per heavy atom. The Kier molecular flexibility index (Phi) is 10.1. The molecule has 4 atom stereocenters. The number of esters is 1. The number of carbonyl (C=O) groups excluding carboxylic acids is 1. The lowest BCUT2D eigenvalue weighted by molar-refractivity contribution is -0.161. The molecule has 0 heterocycles. The Hall–Kier alpha value is -3.73. The van der Waals surface area contributed by atoms with Gasteiger partial charge < -0.3 is 9.84 Å². The third-order valence-corrected chi connectivity index (χ3v) is 8.21. The highest BCUT2D eigenvalue weighted by atomic mass is 16.5. The number of ether oxygens (including phenoxy) is 1. The van der Waals surface area contributed by atoms with Crippen LogP contribution < -0.4 is 0 Å². The van der Waals surface area contributed by atoms with Gasteiger partial charge in [-0.05, 0) is 80.5 Å². The second-order valence-electron chi connectivity index (χ2n) is 11.4. The summed E-state index contributed by atoms with van der Waals surface area (Å²) in [6.07, 6.45) is -1.47. The molecule has 4 heteroatoms. The Morgan fingerprint density at radius 3 is 1.85 bits per heavy atom. The molecule has 0 unspecified atom stereocenters. The summed E-state index contributed by atoms with van der Waals surface area (Å²) in [5.41, 5.74) is 9.18. The maximum absolute atomic E-state index is 13.6. The fourth-order valence-electron chi connectivity index (χ4n) is 5.59. The highest BCUT2D eigenvalue weighted by Gasteiger charge is 2.33. The van der Waals surface area contributed by atoms with Crippen molar-refractivity contribution < 1.29 is 14.6 Å². The first-order valence-corrected chi connectivity index (χ1v) is 14.5. The van der Waals surface area contributed by atoms with E-state index in [0.717, 1.165) is 12.1 Å². The van der Waals surface area contributed by atoms with Gasteiger partial charge in [-0.25, -0.2) is 0 Å². The van der Waals surface area contributed by atoms with Crippen LogP contribution in [0.25, 0.3) is 0 Å². The molecule has 0 bridgehead atoms. The van der Waals surface area contributed by atoms with Gasteiger partial charge in [-0.2, -0.15) is 0 Å². The maximum Gasteiger partial charge on any atom is 0.312 e. The first-order chi connectivity index (χ1) is 19.7. The smallest absolute Gasteiger partial charge is 0.312 e. The van der Waals surface area contributed by atoms with Crippen molar-refractivity contribution in [3.63, 3.8) is 0 Å². The van der Waals surface area contributed by atoms with Crippen LogP contribution in [0.5, 0.6) is 0 Å². The van der Waals surface area contributed by atoms with Crippen molar-refractivity contribution in [3.05, 3.63) is 142 Å². The quantitative estimate of drug-likeness (QED) is 0.193. The molecule has 0 spiro atoms. The molecule has 0 aliphatic heterocycles. The Bertz CT molecular complexity index is 1410. The number of rotatable bonds is 11. The second kappa shape index (κ2) is 13.8. The van der Waals surface area contributed by atoms with Crippen LogP contribution in [0.3, 0.4) is 0 Å². The van der Waals surface area contributed by atoms with E-state index in [2.05, 4.69) is 75.9 Å². The molecule has 4 aromatic rings. The summed E-state index contributed by atoms with van der Waals surface area (Å²) >= 11 is 0. The summed E-state index contributed by atoms with van der Waals surface area (Å²) in [6.45, 7) is 13.9. The normalized spacial score (nSPS) is 14.3. The third-order valence-electron chi connectivity index (χ3n) is 8.21. The minimum absolute atomic E-state index is 0.151. The molecule has 0 fully saturated rings. The Morgan fingerprint density at radius 2 is 1.27 bits per heavy atom. The number of nitrogens with zero attached hydrogens (tertiary/aromatic N) is 1. The molecule has 4 aromatic carbocycles. The number of aliphatic hydroxyl groups is 1. The van der Waals surface area contributed by atoms with E-state index in [1.807, 2.05) is 60.7 Å². The fraction of sp³-hybridized carbons (Fsp3) is 0.324. The molecule has 4 rings (SSSR count). The highest BCUT2D eigenvalue weighted by molar-refractivity contribution is 5.73. The van der Waals surface area contributed by atoms with Crippen molar-refractivity contribution in [2.45, 2.75) is 72.9 Å². The van der Waals surface area contributed by atoms with E-state index >= 15 is 0 Å². The van der Waals surface area contributed by atoms with Crippen molar-refractivity contribution in [3.8, 4) is 0 Å². The fourth-order valence-corrected chi connectivity index (χ4v) is 5.59. The van der Waals surface area contributed by atoms with Gasteiger partial charge in [0.05, 0.1) is 12.0 Å². The molecule has 0 radical (unpaired) electrons. The summed E-state index contributed by atoms with van der Waals surface area (Å²) in [7, 11) is 0. The summed E-state index contributed by atoms with van der Waals surface area (Å²) < 4.78 is 6.33. The summed E-state index contributed by atoms with van der Waals surface area (Å²) in [6, 6.07) is 32.0. The SMILES string of the molecule is Cc1cc(C)c(CN(Cc2ccccc2C)[C@@H](C)[C@H](OC(=O)[C@@H](C)[C@@H](O)c2ccccc2)c2ccccc2)c(C)c1. The lowest BCUT2D eigenvalue weighted by Gasteiger charge is -2.36. The zero-order chi connectivity index (χ0) is 29.5. The number of aliphatic hydroxyl groups excluding tert-OH is 1. The molecular weight excluding hydrogens is 506 g/mol. The number of aryl methyl sites for hydroxylation is 4. The Labute approximate surface area is 245 Å². The first-order valence-electron chi connectivity index (χ1n) is 14.5. The van der Waals surface area contributed by atoms with Crippen LogP contribution in [0.4, 0.5) is 0 Å². The number of hydrogen-bond acceptors (Lipinski definition) is 4. The molecule has 41 heavy (non-hydrogen) atoms. The number of carbonyl (C=O) groups is 1. The summed E-state index contributed by atoms with van der Waals surface area (Å²) in [4.78, 5) is 16.0. The topological polar surface area (TPSA) is 49.8 Å². The van der Waals surface area contributed by atoms with Crippen LogP contribution in [0, 0.1) is 33.6 Å². The van der Waals surface area contributed by atoms with Crippen LogP contribution >= 0.6 is 0 Å². The molecule has 214 valence electrons. The average molecular weight is 550 g/mol. The molecule has 0 aliphatic rings. The van der Waals surface area contributed by atoms with Gasteiger partial charge in [0.1, 0.15) is 6.10 Å². The van der Waals surface area contributed by atoms with Crippen molar-refractivity contribution in [1.29, 1.82) is 0 Å². The summed E-state index contributed by atoms with van der Waals surface area (Å²) in [5, 5.41) is 11.0. The van der Waals surface area contributed by atoms with Crippen LogP contribution in [0.2, 0.25) is 0 Å². The number of benzene rings is 4. The van der Waals surface area contributed by atoms with E-state index in [1.54, 1.807) is 6.92 Å². The molecular formula is C37H43NO3. The van der Waals surface area contributed by atoms with Crippen LogP contribution in [-0.4, -0.2) is 22.0 Å². The average Bonchev–Trinajstić information content (AvgIpc) is 2.97. The minimum Gasteiger partial charge on any atom is -0.456 e. The van der Waals surface area contributed by atoms with Gasteiger partial charge in [0, 0.05) is 19.1 Å². The van der Waals surface area contributed by atoms with Gasteiger partial charge in [-0.15, -0.1) is 0 Å². The van der Waals surface area contributed by atoms with E-state index in [-0.39, 0.29) is 6.04 Å². The molecule has 4 nitrogen and oxygen atoms in total. The largest absolute Gasteiger partial charge is 0.456 e. The van der Waals surface area contributed by atoms with Gasteiger partial charge >= 0.3 is 5.97 Å². The first kappa shape index (κ1) is 30.2. The molecule has 0 amide bonds. The van der Waals surface area contributed by atoms with Crippen LogP contribution in [0.1, 0.15) is 70.6 Å². The zero-order valence-electron chi connectivity index (χ0n) is 25.2. The minimum atomic E-state index is -0.948. The van der Waals surface area contributed by atoms with Crippen molar-refractivity contribution >= 4 is 5.97 Å². The molecule has 0 saturated heterocycles. The molecule has 0 aliphatic carbocycles. The maximum atomic E-state index is 13.6. The van der Waals surface area contributed by atoms with Gasteiger partial charge in [-0.3, -0.25) is 9.69 Å². The van der Waals surface area contributed by atoms with Gasteiger partial charge in [0.15, 0.2) is 0 Å². The van der Waals surface area contributed by atoms with Crippen molar-refractivity contribution in [2.75, 3.05) is 0 Å². The predicted molar refractivity (Wildman–Crippen MR) is 166 cm³/mol. The van der Waals surface area contributed by atoms with E-state index in [4.69, 9.17) is 4.74 Å². The van der Waals surface area contributed by atoms with Gasteiger partial charge in [0.25, 0.3) is 0 Å². The monoisotopic (exact) mass is 549 g/mol. The van der Waals surface area contributed by atoms with Gasteiger partial charge in [-0.1, -0.05) is 103 Å². The number of hydrogen-bond donors (Lipinski definition) is 1. The Balaban J connectivity index is 1.69.